The van der Waals surface area contributed by atoms with Gasteiger partial charge in [-0.2, -0.15) is 0 Å². The third-order valence-electron chi connectivity index (χ3n) is 3.04. The highest BCUT2D eigenvalue weighted by Gasteiger charge is 2.23. The highest BCUT2D eigenvalue weighted by Crippen LogP contribution is 2.26. The lowest BCUT2D eigenvalue weighted by molar-refractivity contribution is -0.130. The Hall–Kier alpha value is -0.900. The lowest BCUT2D eigenvalue weighted by Crippen LogP contribution is -2.37. The fraction of sp³-hybridized carbons (Fsp3) is 0.500. The smallest absolute Gasteiger partial charge is 0.219 e. The molecule has 0 saturated carbocycles. The van der Waals surface area contributed by atoms with Crippen molar-refractivity contribution in [1.82, 2.24) is 9.88 Å². The topological polar surface area (TPSA) is 33.2 Å². The first-order valence-corrected chi connectivity index (χ1v) is 6.33. The molecule has 1 amide bonds. The molecular weight excluding hydrogens is 268 g/mol. The summed E-state index contributed by atoms with van der Waals surface area (Å²) in [4.78, 5) is 17.7. The molecule has 1 aromatic heterocycles. The van der Waals surface area contributed by atoms with Crippen molar-refractivity contribution in [2.24, 2.45) is 0 Å². The molecule has 0 unspecified atom stereocenters. The van der Waals surface area contributed by atoms with E-state index in [0.29, 0.717) is 5.92 Å². The lowest BCUT2D eigenvalue weighted by atomic mass is 9.94. The molecule has 0 aromatic carbocycles. The standard InChI is InChI=1S/C12H15BrN2O/c1-9(16)15-6-2-3-10(8-15)12-5-4-11(13)7-14-12/h4-5,7,10H,2-3,6,8H2,1H3/t10-/m0/s1. The van der Waals surface area contributed by atoms with Crippen LogP contribution in [-0.2, 0) is 4.79 Å². The van der Waals surface area contributed by atoms with Gasteiger partial charge in [-0.25, -0.2) is 0 Å². The van der Waals surface area contributed by atoms with Crippen LogP contribution in [0.1, 0.15) is 31.4 Å². The van der Waals surface area contributed by atoms with E-state index in [1.807, 2.05) is 23.2 Å². The van der Waals surface area contributed by atoms with Crippen molar-refractivity contribution in [2.45, 2.75) is 25.7 Å². The van der Waals surface area contributed by atoms with Gasteiger partial charge < -0.3 is 4.90 Å². The number of hydrogen-bond acceptors (Lipinski definition) is 2. The summed E-state index contributed by atoms with van der Waals surface area (Å²) >= 11 is 3.38. The molecule has 1 aliphatic rings. The molecule has 0 aliphatic carbocycles. The molecule has 86 valence electrons. The van der Waals surface area contributed by atoms with Crippen LogP contribution in [0.4, 0.5) is 0 Å². The predicted molar refractivity (Wildman–Crippen MR) is 66.2 cm³/mol. The van der Waals surface area contributed by atoms with E-state index in [-0.39, 0.29) is 5.91 Å². The van der Waals surface area contributed by atoms with E-state index in [9.17, 15) is 4.79 Å². The van der Waals surface area contributed by atoms with Crippen molar-refractivity contribution in [3.05, 3.63) is 28.5 Å². The molecule has 2 heterocycles. The largest absolute Gasteiger partial charge is 0.342 e. The number of halogens is 1. The first kappa shape index (κ1) is 11.6. The first-order valence-electron chi connectivity index (χ1n) is 5.54. The Bertz CT molecular complexity index is 377. The van der Waals surface area contributed by atoms with Gasteiger partial charge in [0.05, 0.1) is 0 Å². The number of rotatable bonds is 1. The number of likely N-dealkylation sites (tertiary alicyclic amines) is 1. The fourth-order valence-corrected chi connectivity index (χ4v) is 2.37. The van der Waals surface area contributed by atoms with Gasteiger partial charge in [0.2, 0.25) is 5.91 Å². The van der Waals surface area contributed by atoms with E-state index in [0.717, 1.165) is 36.1 Å². The van der Waals surface area contributed by atoms with Crippen LogP contribution in [0.3, 0.4) is 0 Å². The SMILES string of the molecule is CC(=O)N1CCC[C@H](c2ccc(Br)cn2)C1. The van der Waals surface area contributed by atoms with Crippen molar-refractivity contribution < 1.29 is 4.79 Å². The average Bonchev–Trinajstić information content (AvgIpc) is 2.30. The molecule has 2 rings (SSSR count). The summed E-state index contributed by atoms with van der Waals surface area (Å²) in [5, 5.41) is 0. The predicted octanol–water partition coefficient (Wildman–Crippen LogP) is 2.57. The quantitative estimate of drug-likeness (QED) is 0.793. The molecule has 1 atom stereocenters. The Kier molecular flexibility index (Phi) is 3.59. The zero-order chi connectivity index (χ0) is 11.5. The Morgan fingerprint density at radius 3 is 3.00 bits per heavy atom. The van der Waals surface area contributed by atoms with Crippen LogP contribution in [0.15, 0.2) is 22.8 Å². The lowest BCUT2D eigenvalue weighted by Gasteiger charge is -2.31. The van der Waals surface area contributed by atoms with E-state index in [4.69, 9.17) is 0 Å². The average molecular weight is 283 g/mol. The van der Waals surface area contributed by atoms with Crippen molar-refractivity contribution in [3.8, 4) is 0 Å². The molecule has 0 radical (unpaired) electrons. The Morgan fingerprint density at radius 1 is 1.56 bits per heavy atom. The van der Waals surface area contributed by atoms with Gasteiger partial charge in [-0.05, 0) is 40.9 Å². The number of amides is 1. The molecule has 16 heavy (non-hydrogen) atoms. The van der Waals surface area contributed by atoms with Gasteiger partial charge >= 0.3 is 0 Å². The van der Waals surface area contributed by atoms with Gasteiger partial charge in [0, 0.05) is 42.3 Å². The summed E-state index contributed by atoms with van der Waals surface area (Å²) < 4.78 is 0.996. The van der Waals surface area contributed by atoms with Gasteiger partial charge in [-0.3, -0.25) is 9.78 Å². The van der Waals surface area contributed by atoms with Gasteiger partial charge in [0.1, 0.15) is 0 Å². The van der Waals surface area contributed by atoms with Gasteiger partial charge in [-0.15, -0.1) is 0 Å². The first-order chi connectivity index (χ1) is 7.66. The van der Waals surface area contributed by atoms with Gasteiger partial charge in [-0.1, -0.05) is 0 Å². The highest BCUT2D eigenvalue weighted by molar-refractivity contribution is 9.10. The Labute approximate surface area is 104 Å². The summed E-state index contributed by atoms with van der Waals surface area (Å²) in [6.07, 6.45) is 4.02. The number of carbonyl (C=O) groups is 1. The number of aromatic nitrogens is 1. The highest BCUT2D eigenvalue weighted by atomic mass is 79.9. The van der Waals surface area contributed by atoms with Crippen LogP contribution in [0.25, 0.3) is 0 Å². The summed E-state index contributed by atoms with van der Waals surface area (Å²) in [5.41, 5.74) is 1.09. The summed E-state index contributed by atoms with van der Waals surface area (Å²) in [5.74, 6) is 0.563. The molecule has 0 N–H and O–H groups in total. The molecular formula is C12H15BrN2O. The number of pyridine rings is 1. The molecule has 0 bridgehead atoms. The van der Waals surface area contributed by atoms with Crippen LogP contribution in [0.2, 0.25) is 0 Å². The van der Waals surface area contributed by atoms with Crippen molar-refractivity contribution in [2.75, 3.05) is 13.1 Å². The zero-order valence-electron chi connectivity index (χ0n) is 9.32. The van der Waals surface area contributed by atoms with Crippen LogP contribution in [0, 0.1) is 0 Å². The van der Waals surface area contributed by atoms with E-state index in [1.54, 1.807) is 6.92 Å². The number of piperidine rings is 1. The second-order valence-electron chi connectivity index (χ2n) is 4.21. The van der Waals surface area contributed by atoms with Crippen molar-refractivity contribution in [3.63, 3.8) is 0 Å². The van der Waals surface area contributed by atoms with Gasteiger partial charge in [0.25, 0.3) is 0 Å². The normalized spacial score (nSPS) is 20.9. The Balaban J connectivity index is 2.09. The molecule has 1 fully saturated rings. The zero-order valence-corrected chi connectivity index (χ0v) is 10.9. The summed E-state index contributed by atoms with van der Waals surface area (Å²) in [6, 6.07) is 4.05. The van der Waals surface area contributed by atoms with Crippen LogP contribution >= 0.6 is 15.9 Å². The number of nitrogens with zero attached hydrogens (tertiary/aromatic N) is 2. The van der Waals surface area contributed by atoms with Crippen LogP contribution < -0.4 is 0 Å². The van der Waals surface area contributed by atoms with Crippen LogP contribution in [0.5, 0.6) is 0 Å². The number of carbonyl (C=O) groups excluding carboxylic acids is 1. The molecule has 3 nitrogen and oxygen atoms in total. The monoisotopic (exact) mass is 282 g/mol. The molecule has 4 heteroatoms. The van der Waals surface area contributed by atoms with Crippen LogP contribution in [-0.4, -0.2) is 28.9 Å². The van der Waals surface area contributed by atoms with E-state index in [1.165, 1.54) is 0 Å². The Morgan fingerprint density at radius 2 is 2.38 bits per heavy atom. The fourth-order valence-electron chi connectivity index (χ4n) is 2.13. The minimum absolute atomic E-state index is 0.168. The maximum atomic E-state index is 11.3. The van der Waals surface area contributed by atoms with E-state index >= 15 is 0 Å². The summed E-state index contributed by atoms with van der Waals surface area (Å²) in [6.45, 7) is 3.34. The van der Waals surface area contributed by atoms with Crippen molar-refractivity contribution >= 4 is 21.8 Å². The number of hydrogen-bond donors (Lipinski definition) is 0. The maximum Gasteiger partial charge on any atom is 0.219 e. The second kappa shape index (κ2) is 4.95. The minimum atomic E-state index is 0.168. The maximum absolute atomic E-state index is 11.3. The molecule has 0 spiro atoms. The third kappa shape index (κ3) is 2.61. The van der Waals surface area contributed by atoms with E-state index in [2.05, 4.69) is 20.9 Å². The second-order valence-corrected chi connectivity index (χ2v) is 5.12. The molecule has 1 aliphatic heterocycles. The molecule has 1 aromatic rings. The third-order valence-corrected chi connectivity index (χ3v) is 3.50. The van der Waals surface area contributed by atoms with E-state index < -0.39 is 0 Å². The molecule has 1 saturated heterocycles. The minimum Gasteiger partial charge on any atom is -0.342 e. The van der Waals surface area contributed by atoms with Crippen molar-refractivity contribution in [1.29, 1.82) is 0 Å². The van der Waals surface area contributed by atoms with Gasteiger partial charge in [0.15, 0.2) is 0 Å². The summed E-state index contributed by atoms with van der Waals surface area (Å²) in [7, 11) is 0.